The molecule has 0 spiro atoms. The van der Waals surface area contributed by atoms with Crippen LogP contribution in [0.25, 0.3) is 0 Å². The second-order valence-electron chi connectivity index (χ2n) is 4.36. The molecule has 1 aromatic heterocycles. The van der Waals surface area contributed by atoms with Crippen LogP contribution in [0.4, 0.5) is 5.82 Å². The molecule has 4 nitrogen and oxygen atoms in total. The maximum Gasteiger partial charge on any atom is 0.132 e. The lowest BCUT2D eigenvalue weighted by Gasteiger charge is -2.29. The highest BCUT2D eigenvalue weighted by Gasteiger charge is 2.22. The van der Waals surface area contributed by atoms with E-state index in [2.05, 4.69) is 33.2 Å². The van der Waals surface area contributed by atoms with Crippen molar-refractivity contribution in [3.63, 3.8) is 0 Å². The Kier molecular flexibility index (Phi) is 3.72. The van der Waals surface area contributed by atoms with E-state index in [0.29, 0.717) is 6.04 Å². The normalized spacial score (nSPS) is 20.0. The van der Waals surface area contributed by atoms with Crippen LogP contribution in [0.1, 0.15) is 25.5 Å². The Hall–Kier alpha value is -1.16. The van der Waals surface area contributed by atoms with Crippen molar-refractivity contribution in [2.75, 3.05) is 24.5 Å². The van der Waals surface area contributed by atoms with E-state index in [4.69, 9.17) is 0 Å². The van der Waals surface area contributed by atoms with E-state index >= 15 is 0 Å². The largest absolute Gasteiger partial charge is 0.352 e. The van der Waals surface area contributed by atoms with Gasteiger partial charge < -0.3 is 10.2 Å². The fraction of sp³-hybridized carbons (Fsp3) is 0.667. The summed E-state index contributed by atoms with van der Waals surface area (Å²) in [5.41, 5.74) is 1.04. The van der Waals surface area contributed by atoms with E-state index in [9.17, 15) is 0 Å². The van der Waals surface area contributed by atoms with Crippen molar-refractivity contribution in [3.8, 4) is 0 Å². The summed E-state index contributed by atoms with van der Waals surface area (Å²) in [6.45, 7) is 7.49. The Balaban J connectivity index is 2.17. The zero-order valence-corrected chi connectivity index (χ0v) is 10.1. The predicted molar refractivity (Wildman–Crippen MR) is 65.7 cm³/mol. The van der Waals surface area contributed by atoms with Gasteiger partial charge in [0, 0.05) is 30.9 Å². The number of hydrogen-bond donors (Lipinski definition) is 1. The maximum absolute atomic E-state index is 4.39. The van der Waals surface area contributed by atoms with E-state index in [1.54, 1.807) is 6.33 Å². The molecule has 0 aromatic carbocycles. The molecule has 1 unspecified atom stereocenters. The quantitative estimate of drug-likeness (QED) is 0.832. The molecule has 0 radical (unpaired) electrons. The molecular weight excluding hydrogens is 200 g/mol. The van der Waals surface area contributed by atoms with Gasteiger partial charge in [0.15, 0.2) is 0 Å². The fourth-order valence-corrected chi connectivity index (χ4v) is 2.23. The Morgan fingerprint density at radius 1 is 1.50 bits per heavy atom. The van der Waals surface area contributed by atoms with Gasteiger partial charge in [-0.05, 0) is 26.3 Å². The van der Waals surface area contributed by atoms with E-state index in [1.165, 1.54) is 6.42 Å². The Morgan fingerprint density at radius 2 is 2.38 bits per heavy atom. The number of nitrogens with one attached hydrogen (secondary N) is 1. The van der Waals surface area contributed by atoms with Crippen molar-refractivity contribution >= 4 is 5.82 Å². The number of anilines is 1. The summed E-state index contributed by atoms with van der Waals surface area (Å²) in [6.07, 6.45) is 4.03. The van der Waals surface area contributed by atoms with Gasteiger partial charge in [-0.1, -0.05) is 6.92 Å². The van der Waals surface area contributed by atoms with Crippen LogP contribution >= 0.6 is 0 Å². The molecule has 0 bridgehead atoms. The Labute approximate surface area is 97.1 Å². The molecule has 1 N–H and O–H groups in total. The predicted octanol–water partition coefficient (Wildman–Crippen LogP) is 1.36. The van der Waals surface area contributed by atoms with Gasteiger partial charge in [-0.25, -0.2) is 9.97 Å². The molecule has 1 fully saturated rings. The van der Waals surface area contributed by atoms with Crippen LogP contribution in [0.2, 0.25) is 0 Å². The Morgan fingerprint density at radius 3 is 3.00 bits per heavy atom. The lowest BCUT2D eigenvalue weighted by molar-refractivity contribution is 0.617. The zero-order valence-electron chi connectivity index (χ0n) is 10.1. The third kappa shape index (κ3) is 2.50. The molecule has 0 aliphatic carbocycles. The molecule has 1 aliphatic heterocycles. The molecular formula is C12H20N4. The molecule has 2 rings (SSSR count). The molecule has 1 saturated heterocycles. The van der Waals surface area contributed by atoms with Crippen LogP contribution in [0.5, 0.6) is 0 Å². The number of rotatable bonds is 4. The minimum absolute atomic E-state index is 0.592. The van der Waals surface area contributed by atoms with Crippen molar-refractivity contribution in [2.45, 2.75) is 32.7 Å². The van der Waals surface area contributed by atoms with Crippen LogP contribution in [0, 0.1) is 6.92 Å². The van der Waals surface area contributed by atoms with Crippen molar-refractivity contribution < 1.29 is 0 Å². The molecule has 1 aliphatic rings. The minimum Gasteiger partial charge on any atom is -0.352 e. The molecule has 0 amide bonds. The summed E-state index contributed by atoms with van der Waals surface area (Å²) in [6, 6.07) is 2.67. The minimum atomic E-state index is 0.592. The van der Waals surface area contributed by atoms with Crippen molar-refractivity contribution in [3.05, 3.63) is 18.1 Å². The van der Waals surface area contributed by atoms with Gasteiger partial charge in [0.05, 0.1) is 0 Å². The van der Waals surface area contributed by atoms with E-state index in [1.807, 2.05) is 6.92 Å². The third-order valence-corrected chi connectivity index (χ3v) is 3.02. The topological polar surface area (TPSA) is 41.1 Å². The summed E-state index contributed by atoms with van der Waals surface area (Å²) >= 11 is 0. The molecule has 4 heteroatoms. The lowest BCUT2D eigenvalue weighted by Crippen LogP contribution is -2.38. The maximum atomic E-state index is 4.39. The van der Waals surface area contributed by atoms with Gasteiger partial charge in [0.25, 0.3) is 0 Å². The third-order valence-electron chi connectivity index (χ3n) is 3.02. The summed E-state index contributed by atoms with van der Waals surface area (Å²) in [5.74, 6) is 1.07. The highest BCUT2D eigenvalue weighted by Crippen LogP contribution is 2.18. The van der Waals surface area contributed by atoms with Crippen molar-refractivity contribution in [2.24, 2.45) is 0 Å². The second-order valence-corrected chi connectivity index (χ2v) is 4.36. The van der Waals surface area contributed by atoms with Crippen LogP contribution in [-0.4, -0.2) is 35.6 Å². The monoisotopic (exact) mass is 220 g/mol. The standard InChI is InChI=1S/C12H20N4/c1-3-6-16(11-4-5-13-8-11)12-7-10(2)14-9-15-12/h7,9,11,13H,3-6,8H2,1-2H3. The smallest absolute Gasteiger partial charge is 0.132 e. The van der Waals surface area contributed by atoms with Crippen molar-refractivity contribution in [1.82, 2.24) is 15.3 Å². The number of nitrogens with zero attached hydrogens (tertiary/aromatic N) is 3. The Bertz CT molecular complexity index is 334. The zero-order chi connectivity index (χ0) is 11.4. The highest BCUT2D eigenvalue weighted by atomic mass is 15.2. The first-order valence-corrected chi connectivity index (χ1v) is 6.07. The average molecular weight is 220 g/mol. The van der Waals surface area contributed by atoms with E-state index in [0.717, 1.165) is 37.6 Å². The molecule has 0 saturated carbocycles. The molecule has 16 heavy (non-hydrogen) atoms. The number of aromatic nitrogens is 2. The number of hydrogen-bond acceptors (Lipinski definition) is 4. The van der Waals surface area contributed by atoms with Gasteiger partial charge >= 0.3 is 0 Å². The summed E-state index contributed by atoms with van der Waals surface area (Å²) in [7, 11) is 0. The summed E-state index contributed by atoms with van der Waals surface area (Å²) in [4.78, 5) is 11.0. The van der Waals surface area contributed by atoms with E-state index in [-0.39, 0.29) is 0 Å². The highest BCUT2D eigenvalue weighted by molar-refractivity contribution is 5.40. The summed E-state index contributed by atoms with van der Waals surface area (Å²) in [5, 5.41) is 3.41. The first-order chi connectivity index (χ1) is 7.81. The number of aryl methyl sites for hydroxylation is 1. The van der Waals surface area contributed by atoms with Crippen LogP contribution in [-0.2, 0) is 0 Å². The van der Waals surface area contributed by atoms with Crippen LogP contribution < -0.4 is 10.2 Å². The lowest BCUT2D eigenvalue weighted by atomic mass is 10.2. The van der Waals surface area contributed by atoms with E-state index < -0.39 is 0 Å². The van der Waals surface area contributed by atoms with Gasteiger partial charge in [0.1, 0.15) is 12.1 Å². The molecule has 2 heterocycles. The molecule has 1 aromatic rings. The van der Waals surface area contributed by atoms with Gasteiger partial charge in [0.2, 0.25) is 0 Å². The summed E-state index contributed by atoms with van der Waals surface area (Å²) < 4.78 is 0. The average Bonchev–Trinajstić information content (AvgIpc) is 2.79. The molecule has 1 atom stereocenters. The van der Waals surface area contributed by atoms with Crippen molar-refractivity contribution in [1.29, 1.82) is 0 Å². The van der Waals surface area contributed by atoms with Crippen LogP contribution in [0.3, 0.4) is 0 Å². The first kappa shape index (κ1) is 11.3. The second kappa shape index (κ2) is 5.25. The van der Waals surface area contributed by atoms with Gasteiger partial charge in [-0.3, -0.25) is 0 Å². The van der Waals surface area contributed by atoms with Crippen LogP contribution in [0.15, 0.2) is 12.4 Å². The SMILES string of the molecule is CCCN(c1cc(C)ncn1)C1CCNC1. The van der Waals surface area contributed by atoms with Gasteiger partial charge in [-0.2, -0.15) is 0 Å². The van der Waals surface area contributed by atoms with Gasteiger partial charge in [-0.15, -0.1) is 0 Å². The fourth-order valence-electron chi connectivity index (χ4n) is 2.23. The molecule has 88 valence electrons. The first-order valence-electron chi connectivity index (χ1n) is 6.07.